The largest absolute Gasteiger partial charge is 0.370 e. The third-order valence-electron chi connectivity index (χ3n) is 2.59. The Bertz CT molecular complexity index is 343. The van der Waals surface area contributed by atoms with Crippen LogP contribution < -0.4 is 10.6 Å². The van der Waals surface area contributed by atoms with Crippen LogP contribution >= 0.6 is 11.8 Å². The smallest absolute Gasteiger partial charge is 0.134 e. The van der Waals surface area contributed by atoms with Crippen LogP contribution in [0.4, 0.5) is 11.6 Å². The summed E-state index contributed by atoms with van der Waals surface area (Å²) in [6.45, 7) is 8.25. The number of aromatic nitrogens is 2. The maximum absolute atomic E-state index is 4.28. The lowest BCUT2D eigenvalue weighted by atomic mass is 10.3. The standard InChI is InChI=1S/C12H22N4S/c1-5-6-13-11-10(3)12(16-8-15-11)14-7-9(2)17-4/h8-9H,5-7H2,1-4H3,(H2,13,14,15,16). The summed E-state index contributed by atoms with van der Waals surface area (Å²) in [4.78, 5) is 8.54. The van der Waals surface area contributed by atoms with E-state index in [0.29, 0.717) is 5.25 Å². The molecule has 2 N–H and O–H groups in total. The van der Waals surface area contributed by atoms with Crippen LogP contribution in [0.25, 0.3) is 0 Å². The predicted octanol–water partition coefficient (Wildman–Crippen LogP) is 2.77. The molecular weight excluding hydrogens is 232 g/mol. The Kier molecular flexibility index (Phi) is 6.11. The van der Waals surface area contributed by atoms with Crippen LogP contribution in [-0.4, -0.2) is 34.6 Å². The molecule has 0 radical (unpaired) electrons. The zero-order chi connectivity index (χ0) is 12.7. The first-order chi connectivity index (χ1) is 8.19. The van der Waals surface area contributed by atoms with Gasteiger partial charge in [-0.15, -0.1) is 0 Å². The number of nitrogens with one attached hydrogen (secondary N) is 2. The van der Waals surface area contributed by atoms with E-state index in [0.717, 1.165) is 36.7 Å². The monoisotopic (exact) mass is 254 g/mol. The zero-order valence-corrected chi connectivity index (χ0v) is 11.9. The van der Waals surface area contributed by atoms with Gasteiger partial charge in [0.15, 0.2) is 0 Å². The van der Waals surface area contributed by atoms with Gasteiger partial charge in [-0.1, -0.05) is 13.8 Å². The summed E-state index contributed by atoms with van der Waals surface area (Å²) in [5.74, 6) is 1.86. The molecule has 17 heavy (non-hydrogen) atoms. The minimum Gasteiger partial charge on any atom is -0.370 e. The number of anilines is 2. The van der Waals surface area contributed by atoms with Gasteiger partial charge in [-0.2, -0.15) is 11.8 Å². The molecule has 0 aliphatic rings. The van der Waals surface area contributed by atoms with Crippen LogP contribution in [0.5, 0.6) is 0 Å². The summed E-state index contributed by atoms with van der Waals surface area (Å²) in [6.07, 6.45) is 4.82. The topological polar surface area (TPSA) is 49.8 Å². The van der Waals surface area contributed by atoms with Crippen LogP contribution in [0.2, 0.25) is 0 Å². The Balaban J connectivity index is 2.65. The fourth-order valence-corrected chi connectivity index (χ4v) is 1.62. The highest BCUT2D eigenvalue weighted by Crippen LogP contribution is 2.18. The van der Waals surface area contributed by atoms with Crippen molar-refractivity contribution in [3.05, 3.63) is 11.9 Å². The Morgan fingerprint density at radius 1 is 1.29 bits per heavy atom. The molecule has 1 heterocycles. The maximum Gasteiger partial charge on any atom is 0.134 e. The van der Waals surface area contributed by atoms with Gasteiger partial charge in [0, 0.05) is 23.9 Å². The number of rotatable bonds is 7. The van der Waals surface area contributed by atoms with Crippen molar-refractivity contribution in [1.29, 1.82) is 0 Å². The van der Waals surface area contributed by atoms with Crippen molar-refractivity contribution in [3.63, 3.8) is 0 Å². The summed E-state index contributed by atoms with van der Waals surface area (Å²) >= 11 is 1.85. The lowest BCUT2D eigenvalue weighted by molar-refractivity contribution is 0.950. The fraction of sp³-hybridized carbons (Fsp3) is 0.667. The van der Waals surface area contributed by atoms with Gasteiger partial charge >= 0.3 is 0 Å². The first kappa shape index (κ1) is 14.1. The first-order valence-electron chi connectivity index (χ1n) is 6.01. The van der Waals surface area contributed by atoms with Crippen molar-refractivity contribution >= 4 is 23.4 Å². The second-order valence-electron chi connectivity index (χ2n) is 4.05. The van der Waals surface area contributed by atoms with E-state index in [1.807, 2.05) is 18.7 Å². The molecule has 5 heteroatoms. The van der Waals surface area contributed by atoms with E-state index >= 15 is 0 Å². The molecule has 1 rings (SSSR count). The Morgan fingerprint density at radius 2 is 1.94 bits per heavy atom. The van der Waals surface area contributed by atoms with Crippen LogP contribution in [0.3, 0.4) is 0 Å². The summed E-state index contributed by atoms with van der Waals surface area (Å²) in [5, 5.41) is 7.26. The highest BCUT2D eigenvalue weighted by molar-refractivity contribution is 7.99. The molecule has 1 aromatic rings. The molecule has 0 saturated heterocycles. The average molecular weight is 254 g/mol. The maximum atomic E-state index is 4.28. The van der Waals surface area contributed by atoms with E-state index in [9.17, 15) is 0 Å². The van der Waals surface area contributed by atoms with Gasteiger partial charge in [0.2, 0.25) is 0 Å². The Labute approximate surface area is 108 Å². The molecule has 1 aromatic heterocycles. The van der Waals surface area contributed by atoms with Crippen LogP contribution in [-0.2, 0) is 0 Å². The molecule has 0 aliphatic carbocycles. The van der Waals surface area contributed by atoms with Crippen molar-refractivity contribution in [2.24, 2.45) is 0 Å². The minimum absolute atomic E-state index is 0.580. The van der Waals surface area contributed by atoms with E-state index in [4.69, 9.17) is 0 Å². The first-order valence-corrected chi connectivity index (χ1v) is 7.30. The van der Waals surface area contributed by atoms with Crippen molar-refractivity contribution < 1.29 is 0 Å². The van der Waals surface area contributed by atoms with Crippen LogP contribution in [0.1, 0.15) is 25.8 Å². The normalized spacial score (nSPS) is 12.2. The molecule has 0 spiro atoms. The van der Waals surface area contributed by atoms with Gasteiger partial charge in [-0.3, -0.25) is 0 Å². The zero-order valence-electron chi connectivity index (χ0n) is 11.1. The molecule has 4 nitrogen and oxygen atoms in total. The van der Waals surface area contributed by atoms with Gasteiger partial charge in [0.1, 0.15) is 18.0 Å². The molecule has 96 valence electrons. The second-order valence-corrected chi connectivity index (χ2v) is 5.33. The summed E-state index contributed by atoms with van der Waals surface area (Å²) in [6, 6.07) is 0. The molecule has 1 atom stereocenters. The number of hydrogen-bond acceptors (Lipinski definition) is 5. The molecule has 0 aromatic carbocycles. The summed E-state index contributed by atoms with van der Waals surface area (Å²) < 4.78 is 0. The highest BCUT2D eigenvalue weighted by atomic mass is 32.2. The Morgan fingerprint density at radius 3 is 2.53 bits per heavy atom. The van der Waals surface area contributed by atoms with E-state index in [1.54, 1.807) is 6.33 Å². The van der Waals surface area contributed by atoms with Crippen LogP contribution in [0.15, 0.2) is 6.33 Å². The third-order valence-corrected chi connectivity index (χ3v) is 3.56. The number of hydrogen-bond donors (Lipinski definition) is 2. The van der Waals surface area contributed by atoms with E-state index in [1.165, 1.54) is 0 Å². The SMILES string of the molecule is CCCNc1ncnc(NCC(C)SC)c1C. The number of nitrogens with zero attached hydrogens (tertiary/aromatic N) is 2. The molecule has 0 saturated carbocycles. The summed E-state index contributed by atoms with van der Waals surface area (Å²) in [5.41, 5.74) is 1.09. The molecule has 0 amide bonds. The summed E-state index contributed by atoms with van der Waals surface area (Å²) in [7, 11) is 0. The lowest BCUT2D eigenvalue weighted by Gasteiger charge is -2.14. The van der Waals surface area contributed by atoms with Crippen LogP contribution in [0, 0.1) is 6.92 Å². The molecule has 0 aliphatic heterocycles. The van der Waals surface area contributed by atoms with Gasteiger partial charge in [0.25, 0.3) is 0 Å². The quantitative estimate of drug-likeness (QED) is 0.783. The average Bonchev–Trinajstić information content (AvgIpc) is 2.35. The van der Waals surface area contributed by atoms with Crippen molar-refractivity contribution in [1.82, 2.24) is 9.97 Å². The molecule has 0 fully saturated rings. The van der Waals surface area contributed by atoms with Crippen molar-refractivity contribution in [2.45, 2.75) is 32.4 Å². The lowest BCUT2D eigenvalue weighted by Crippen LogP contribution is -2.15. The van der Waals surface area contributed by atoms with Gasteiger partial charge in [0.05, 0.1) is 0 Å². The van der Waals surface area contributed by atoms with E-state index < -0.39 is 0 Å². The molecular formula is C12H22N4S. The van der Waals surface area contributed by atoms with Gasteiger partial charge < -0.3 is 10.6 Å². The predicted molar refractivity (Wildman–Crippen MR) is 77.0 cm³/mol. The van der Waals surface area contributed by atoms with Crippen molar-refractivity contribution in [2.75, 3.05) is 30.0 Å². The Hall–Kier alpha value is -0.970. The molecule has 0 bridgehead atoms. The number of thioether (sulfide) groups is 1. The van der Waals surface area contributed by atoms with Gasteiger partial charge in [-0.25, -0.2) is 9.97 Å². The van der Waals surface area contributed by atoms with Gasteiger partial charge in [-0.05, 0) is 19.6 Å². The minimum atomic E-state index is 0.580. The van der Waals surface area contributed by atoms with E-state index in [2.05, 4.69) is 40.7 Å². The highest BCUT2D eigenvalue weighted by Gasteiger charge is 2.07. The fourth-order valence-electron chi connectivity index (χ4n) is 1.37. The van der Waals surface area contributed by atoms with Crippen molar-refractivity contribution in [3.8, 4) is 0 Å². The van der Waals surface area contributed by atoms with E-state index in [-0.39, 0.29) is 0 Å². The molecule has 1 unspecified atom stereocenters. The third kappa shape index (κ3) is 4.42. The second kappa shape index (κ2) is 7.37.